The minimum atomic E-state index is 0.289. The van der Waals surface area contributed by atoms with E-state index in [4.69, 9.17) is 11.6 Å². The molecule has 0 heterocycles. The topological polar surface area (TPSA) is 12.0 Å². The van der Waals surface area contributed by atoms with Gasteiger partial charge in [0.2, 0.25) is 0 Å². The summed E-state index contributed by atoms with van der Waals surface area (Å²) in [4.78, 5) is 0. The first-order valence-corrected chi connectivity index (χ1v) is 6.11. The van der Waals surface area contributed by atoms with Crippen molar-refractivity contribution in [3.63, 3.8) is 0 Å². The van der Waals surface area contributed by atoms with E-state index in [1.165, 1.54) is 11.1 Å². The molecule has 2 heteroatoms. The quantitative estimate of drug-likeness (QED) is 0.817. The number of nitrogens with one attached hydrogen (secondary N) is 1. The molecule has 2 rings (SSSR count). The van der Waals surface area contributed by atoms with Crippen LogP contribution in [0.4, 0.5) is 5.69 Å². The molecule has 17 heavy (non-hydrogen) atoms. The number of anilines is 1. The van der Waals surface area contributed by atoms with Gasteiger partial charge < -0.3 is 5.32 Å². The number of aryl methyl sites for hydroxylation is 1. The fourth-order valence-corrected chi connectivity index (χ4v) is 1.86. The Balaban J connectivity index is 2.08. The highest BCUT2D eigenvalue weighted by Gasteiger charge is 2.04. The largest absolute Gasteiger partial charge is 0.379 e. The molecule has 0 fully saturated rings. The van der Waals surface area contributed by atoms with Gasteiger partial charge in [-0.15, -0.1) is 0 Å². The third-order valence-corrected chi connectivity index (χ3v) is 3.06. The van der Waals surface area contributed by atoms with Gasteiger partial charge in [-0.1, -0.05) is 41.4 Å². The molecular formula is C15H16ClN. The van der Waals surface area contributed by atoms with Gasteiger partial charge in [0.05, 0.1) is 0 Å². The second-order valence-corrected chi connectivity index (χ2v) is 4.72. The molecule has 0 saturated carbocycles. The number of benzene rings is 2. The summed E-state index contributed by atoms with van der Waals surface area (Å²) in [7, 11) is 0. The van der Waals surface area contributed by atoms with Gasteiger partial charge >= 0.3 is 0 Å². The molecule has 2 aromatic carbocycles. The first-order valence-electron chi connectivity index (χ1n) is 5.74. The molecule has 0 spiro atoms. The second-order valence-electron chi connectivity index (χ2n) is 4.28. The number of rotatable bonds is 3. The van der Waals surface area contributed by atoms with E-state index >= 15 is 0 Å². The summed E-state index contributed by atoms with van der Waals surface area (Å²) in [6, 6.07) is 16.6. The smallest absolute Gasteiger partial charge is 0.0485 e. The Morgan fingerprint density at radius 2 is 1.53 bits per heavy atom. The summed E-state index contributed by atoms with van der Waals surface area (Å²) in [5, 5.41) is 4.21. The average molecular weight is 246 g/mol. The van der Waals surface area contributed by atoms with Gasteiger partial charge in [0.1, 0.15) is 0 Å². The summed E-state index contributed by atoms with van der Waals surface area (Å²) in [6.07, 6.45) is 0. The standard InChI is InChI=1S/C15H16ClN/c1-11-3-5-13(6-4-11)12(2)17-15-9-7-14(16)8-10-15/h3-10,12,17H,1-2H3. The Morgan fingerprint density at radius 1 is 0.941 bits per heavy atom. The molecule has 88 valence electrons. The monoisotopic (exact) mass is 245 g/mol. The van der Waals surface area contributed by atoms with Crippen molar-refractivity contribution in [2.24, 2.45) is 0 Å². The molecule has 1 atom stereocenters. The van der Waals surface area contributed by atoms with E-state index in [1.807, 2.05) is 24.3 Å². The highest BCUT2D eigenvalue weighted by atomic mass is 35.5. The minimum Gasteiger partial charge on any atom is -0.379 e. The van der Waals surface area contributed by atoms with Gasteiger partial charge in [0.25, 0.3) is 0 Å². The minimum absolute atomic E-state index is 0.289. The Kier molecular flexibility index (Phi) is 3.70. The van der Waals surface area contributed by atoms with Gasteiger partial charge in [-0.3, -0.25) is 0 Å². The van der Waals surface area contributed by atoms with Crippen molar-refractivity contribution in [1.29, 1.82) is 0 Å². The zero-order chi connectivity index (χ0) is 12.3. The molecule has 0 bridgehead atoms. The zero-order valence-electron chi connectivity index (χ0n) is 10.1. The Labute approximate surface area is 107 Å². The number of halogens is 1. The maximum atomic E-state index is 5.85. The molecule has 0 amide bonds. The first-order chi connectivity index (χ1) is 8.15. The summed E-state index contributed by atoms with van der Waals surface area (Å²) in [5.74, 6) is 0. The van der Waals surface area contributed by atoms with E-state index in [0.29, 0.717) is 0 Å². The van der Waals surface area contributed by atoms with Gasteiger partial charge in [0, 0.05) is 16.8 Å². The molecule has 2 aromatic rings. The van der Waals surface area contributed by atoms with Crippen LogP contribution >= 0.6 is 11.6 Å². The maximum absolute atomic E-state index is 5.85. The summed E-state index contributed by atoms with van der Waals surface area (Å²) in [6.45, 7) is 4.25. The van der Waals surface area contributed by atoms with Crippen molar-refractivity contribution in [3.8, 4) is 0 Å². The molecule has 0 saturated heterocycles. The van der Waals surface area contributed by atoms with Gasteiger partial charge in [0.15, 0.2) is 0 Å². The van der Waals surface area contributed by atoms with E-state index in [-0.39, 0.29) is 6.04 Å². The van der Waals surface area contributed by atoms with E-state index in [2.05, 4.69) is 43.4 Å². The van der Waals surface area contributed by atoms with Gasteiger partial charge in [-0.25, -0.2) is 0 Å². The average Bonchev–Trinajstić information content (AvgIpc) is 2.33. The maximum Gasteiger partial charge on any atom is 0.0485 e. The highest BCUT2D eigenvalue weighted by molar-refractivity contribution is 6.30. The van der Waals surface area contributed by atoms with Crippen LogP contribution in [-0.2, 0) is 0 Å². The lowest BCUT2D eigenvalue weighted by molar-refractivity contribution is 0.884. The predicted octanol–water partition coefficient (Wildman–Crippen LogP) is 4.82. The van der Waals surface area contributed by atoms with Crippen LogP contribution in [0.2, 0.25) is 5.02 Å². The van der Waals surface area contributed by atoms with E-state index in [1.54, 1.807) is 0 Å². The molecule has 1 N–H and O–H groups in total. The fraction of sp³-hybridized carbons (Fsp3) is 0.200. The van der Waals surface area contributed by atoms with Crippen molar-refractivity contribution in [3.05, 3.63) is 64.7 Å². The third kappa shape index (κ3) is 3.24. The lowest BCUT2D eigenvalue weighted by Gasteiger charge is -2.16. The van der Waals surface area contributed by atoms with Crippen molar-refractivity contribution in [2.75, 3.05) is 5.32 Å². The van der Waals surface area contributed by atoms with Gasteiger partial charge in [-0.05, 0) is 43.7 Å². The Morgan fingerprint density at radius 3 is 2.12 bits per heavy atom. The highest BCUT2D eigenvalue weighted by Crippen LogP contribution is 2.20. The van der Waals surface area contributed by atoms with E-state index in [0.717, 1.165) is 10.7 Å². The van der Waals surface area contributed by atoms with Crippen LogP contribution in [0.15, 0.2) is 48.5 Å². The van der Waals surface area contributed by atoms with Crippen LogP contribution in [0.25, 0.3) is 0 Å². The second kappa shape index (κ2) is 5.24. The van der Waals surface area contributed by atoms with Crippen molar-refractivity contribution in [2.45, 2.75) is 19.9 Å². The van der Waals surface area contributed by atoms with Crippen LogP contribution in [-0.4, -0.2) is 0 Å². The SMILES string of the molecule is Cc1ccc(C(C)Nc2ccc(Cl)cc2)cc1. The predicted molar refractivity (Wildman–Crippen MR) is 74.7 cm³/mol. The number of hydrogen-bond donors (Lipinski definition) is 1. The molecule has 0 aliphatic rings. The van der Waals surface area contributed by atoms with Crippen LogP contribution in [0.1, 0.15) is 24.1 Å². The van der Waals surface area contributed by atoms with Crippen LogP contribution < -0.4 is 5.32 Å². The van der Waals surface area contributed by atoms with E-state index in [9.17, 15) is 0 Å². The molecule has 0 radical (unpaired) electrons. The lowest BCUT2D eigenvalue weighted by Crippen LogP contribution is -2.06. The molecule has 0 aromatic heterocycles. The fourth-order valence-electron chi connectivity index (χ4n) is 1.73. The summed E-state index contributed by atoms with van der Waals surface area (Å²) >= 11 is 5.85. The molecule has 0 aliphatic heterocycles. The molecule has 1 nitrogen and oxygen atoms in total. The summed E-state index contributed by atoms with van der Waals surface area (Å²) < 4.78 is 0. The molecule has 0 aliphatic carbocycles. The van der Waals surface area contributed by atoms with Crippen molar-refractivity contribution < 1.29 is 0 Å². The Bertz CT molecular complexity index is 473. The van der Waals surface area contributed by atoms with Crippen LogP contribution in [0.5, 0.6) is 0 Å². The van der Waals surface area contributed by atoms with Crippen molar-refractivity contribution in [1.82, 2.24) is 0 Å². The Hall–Kier alpha value is -1.47. The number of hydrogen-bond acceptors (Lipinski definition) is 1. The first kappa shape index (κ1) is 12.0. The van der Waals surface area contributed by atoms with Crippen LogP contribution in [0.3, 0.4) is 0 Å². The van der Waals surface area contributed by atoms with Crippen LogP contribution in [0, 0.1) is 6.92 Å². The zero-order valence-corrected chi connectivity index (χ0v) is 10.8. The lowest BCUT2D eigenvalue weighted by atomic mass is 10.1. The normalized spacial score (nSPS) is 12.2. The van der Waals surface area contributed by atoms with Crippen molar-refractivity contribution >= 4 is 17.3 Å². The molecule has 1 unspecified atom stereocenters. The third-order valence-electron chi connectivity index (χ3n) is 2.80. The summed E-state index contributed by atoms with van der Waals surface area (Å²) in [5.41, 5.74) is 3.65. The van der Waals surface area contributed by atoms with Gasteiger partial charge in [-0.2, -0.15) is 0 Å². The van der Waals surface area contributed by atoms with E-state index < -0.39 is 0 Å². The molecular weight excluding hydrogens is 230 g/mol.